The Hall–Kier alpha value is -3.16. The van der Waals surface area contributed by atoms with Gasteiger partial charge in [0.05, 0.1) is 6.33 Å². The van der Waals surface area contributed by atoms with Crippen molar-refractivity contribution in [1.29, 1.82) is 0 Å². The number of nitrogens with zero attached hydrogens (tertiary/aromatic N) is 4. The molecule has 28 heavy (non-hydrogen) atoms. The van der Waals surface area contributed by atoms with Gasteiger partial charge in [-0.15, -0.1) is 0 Å². The quantitative estimate of drug-likeness (QED) is 0.700. The minimum atomic E-state index is -0.427. The number of para-hydroxylation sites is 1. The number of aryl methyl sites for hydroxylation is 4. The molecule has 1 amide bonds. The van der Waals surface area contributed by atoms with E-state index in [-0.39, 0.29) is 12.3 Å². The van der Waals surface area contributed by atoms with Crippen molar-refractivity contribution in [3.63, 3.8) is 0 Å². The van der Waals surface area contributed by atoms with Gasteiger partial charge in [-0.1, -0.05) is 32.0 Å². The first-order valence-corrected chi connectivity index (χ1v) is 9.40. The molecule has 0 unspecified atom stereocenters. The Morgan fingerprint density at radius 2 is 1.71 bits per heavy atom. The van der Waals surface area contributed by atoms with Gasteiger partial charge < -0.3 is 9.88 Å². The summed E-state index contributed by atoms with van der Waals surface area (Å²) in [5.74, 6) is -0.126. The second-order valence-electron chi connectivity index (χ2n) is 6.77. The van der Waals surface area contributed by atoms with Crippen LogP contribution >= 0.6 is 0 Å². The summed E-state index contributed by atoms with van der Waals surface area (Å²) in [4.78, 5) is 41.2. The van der Waals surface area contributed by atoms with Crippen molar-refractivity contribution >= 4 is 22.8 Å². The summed E-state index contributed by atoms with van der Waals surface area (Å²) in [5.41, 5.74) is 2.88. The highest BCUT2D eigenvalue weighted by atomic mass is 16.2. The molecular formula is C20H25N5O3. The van der Waals surface area contributed by atoms with Crippen LogP contribution in [0.1, 0.15) is 31.4 Å². The summed E-state index contributed by atoms with van der Waals surface area (Å²) >= 11 is 0. The number of rotatable bonds is 6. The Morgan fingerprint density at radius 3 is 2.32 bits per heavy atom. The molecule has 0 spiro atoms. The Bertz CT molecular complexity index is 1130. The lowest BCUT2D eigenvalue weighted by atomic mass is 10.0. The molecular weight excluding hydrogens is 358 g/mol. The average Bonchev–Trinajstić information content (AvgIpc) is 3.13. The van der Waals surface area contributed by atoms with Crippen LogP contribution in [-0.2, 0) is 38.3 Å². The number of benzene rings is 1. The molecule has 8 heteroatoms. The number of hydrogen-bond acceptors (Lipinski definition) is 4. The van der Waals surface area contributed by atoms with Gasteiger partial charge in [0.25, 0.3) is 5.56 Å². The molecule has 0 fully saturated rings. The lowest BCUT2D eigenvalue weighted by molar-refractivity contribution is -0.116. The zero-order valence-corrected chi connectivity index (χ0v) is 16.7. The molecule has 0 aliphatic carbocycles. The number of carbonyl (C=O) groups excluding carboxylic acids is 1. The van der Waals surface area contributed by atoms with Crippen molar-refractivity contribution in [3.05, 3.63) is 56.5 Å². The highest BCUT2D eigenvalue weighted by Gasteiger charge is 2.15. The molecule has 0 bridgehead atoms. The zero-order chi connectivity index (χ0) is 20.4. The van der Waals surface area contributed by atoms with Crippen LogP contribution in [0.15, 0.2) is 34.1 Å². The molecule has 1 aromatic carbocycles. The summed E-state index contributed by atoms with van der Waals surface area (Å²) in [7, 11) is 3.00. The van der Waals surface area contributed by atoms with E-state index in [2.05, 4.69) is 24.1 Å². The maximum Gasteiger partial charge on any atom is 0.332 e. The normalized spacial score (nSPS) is 11.1. The van der Waals surface area contributed by atoms with Crippen LogP contribution in [0.4, 0.5) is 5.69 Å². The van der Waals surface area contributed by atoms with Gasteiger partial charge >= 0.3 is 5.69 Å². The van der Waals surface area contributed by atoms with E-state index in [4.69, 9.17) is 0 Å². The third-order valence-corrected chi connectivity index (χ3v) is 5.06. The molecule has 8 nitrogen and oxygen atoms in total. The summed E-state index contributed by atoms with van der Waals surface area (Å²) in [6, 6.07) is 6.04. The summed E-state index contributed by atoms with van der Waals surface area (Å²) in [6.07, 6.45) is 3.36. The lowest BCUT2D eigenvalue weighted by Gasteiger charge is -2.14. The Morgan fingerprint density at radius 1 is 1.07 bits per heavy atom. The third kappa shape index (κ3) is 3.37. The van der Waals surface area contributed by atoms with E-state index in [9.17, 15) is 14.4 Å². The second kappa shape index (κ2) is 7.84. The van der Waals surface area contributed by atoms with E-state index in [1.165, 1.54) is 17.9 Å². The van der Waals surface area contributed by atoms with E-state index in [1.54, 1.807) is 11.6 Å². The van der Waals surface area contributed by atoms with Crippen LogP contribution < -0.4 is 16.6 Å². The summed E-state index contributed by atoms with van der Waals surface area (Å²) in [6.45, 7) is 4.41. The first kappa shape index (κ1) is 19.6. The van der Waals surface area contributed by atoms with Gasteiger partial charge in [-0.25, -0.2) is 9.78 Å². The number of imidazole rings is 1. The molecule has 2 aromatic heterocycles. The average molecular weight is 383 g/mol. The molecule has 3 rings (SSSR count). The summed E-state index contributed by atoms with van der Waals surface area (Å²) in [5, 5.41) is 3.03. The number of carbonyl (C=O) groups is 1. The minimum Gasteiger partial charge on any atom is -0.326 e. The Balaban J connectivity index is 1.83. The fraction of sp³-hybridized carbons (Fsp3) is 0.400. The monoisotopic (exact) mass is 383 g/mol. The van der Waals surface area contributed by atoms with Crippen molar-refractivity contribution in [2.24, 2.45) is 14.1 Å². The number of anilines is 1. The van der Waals surface area contributed by atoms with Crippen molar-refractivity contribution in [2.45, 2.75) is 39.7 Å². The van der Waals surface area contributed by atoms with E-state index in [0.29, 0.717) is 17.7 Å². The maximum absolute atomic E-state index is 12.6. The van der Waals surface area contributed by atoms with Crippen molar-refractivity contribution in [2.75, 3.05) is 5.32 Å². The van der Waals surface area contributed by atoms with Gasteiger partial charge in [0.2, 0.25) is 5.91 Å². The highest BCUT2D eigenvalue weighted by Crippen LogP contribution is 2.22. The zero-order valence-electron chi connectivity index (χ0n) is 16.7. The van der Waals surface area contributed by atoms with Gasteiger partial charge in [0.1, 0.15) is 0 Å². The molecule has 0 saturated heterocycles. The Labute approximate surface area is 162 Å². The largest absolute Gasteiger partial charge is 0.332 e. The summed E-state index contributed by atoms with van der Waals surface area (Å²) < 4.78 is 4.01. The van der Waals surface area contributed by atoms with Gasteiger partial charge in [-0.3, -0.25) is 18.7 Å². The van der Waals surface area contributed by atoms with Crippen LogP contribution in [0, 0.1) is 0 Å². The van der Waals surface area contributed by atoms with E-state index >= 15 is 0 Å². The maximum atomic E-state index is 12.6. The number of hydrogen-bond donors (Lipinski definition) is 1. The topological polar surface area (TPSA) is 90.9 Å². The molecule has 0 atom stereocenters. The van der Waals surface area contributed by atoms with Crippen LogP contribution in [0.3, 0.4) is 0 Å². The molecule has 0 saturated carbocycles. The number of aromatic nitrogens is 4. The Kier molecular flexibility index (Phi) is 5.48. The first-order chi connectivity index (χ1) is 13.4. The van der Waals surface area contributed by atoms with Gasteiger partial charge in [-0.05, 0) is 24.0 Å². The molecule has 1 N–H and O–H groups in total. The molecule has 0 radical (unpaired) electrons. The van der Waals surface area contributed by atoms with Crippen molar-refractivity contribution in [3.8, 4) is 0 Å². The number of amides is 1. The van der Waals surface area contributed by atoms with Crippen molar-refractivity contribution < 1.29 is 4.79 Å². The third-order valence-electron chi connectivity index (χ3n) is 5.06. The van der Waals surface area contributed by atoms with E-state index < -0.39 is 11.2 Å². The molecule has 148 valence electrons. The standard InChI is InChI=1S/C20H25N5O3/c1-5-13-8-7-9-14(6-2)16(13)22-15(26)10-11-25-12-21-18-17(25)19(27)24(4)20(28)23(18)3/h7-9,12H,5-6,10-11H2,1-4H3,(H,22,26). The minimum absolute atomic E-state index is 0.126. The molecule has 0 aliphatic rings. The van der Waals surface area contributed by atoms with Crippen LogP contribution in [-0.4, -0.2) is 24.6 Å². The predicted octanol–water partition coefficient (Wildman–Crippen LogP) is 1.59. The smallest absolute Gasteiger partial charge is 0.326 e. The van der Waals surface area contributed by atoms with Gasteiger partial charge in [0.15, 0.2) is 11.2 Å². The molecule has 3 aromatic rings. The number of nitrogens with one attached hydrogen (secondary N) is 1. The van der Waals surface area contributed by atoms with Crippen LogP contribution in [0.25, 0.3) is 11.2 Å². The highest BCUT2D eigenvalue weighted by molar-refractivity contribution is 5.92. The van der Waals surface area contributed by atoms with E-state index in [1.807, 2.05) is 18.2 Å². The van der Waals surface area contributed by atoms with Crippen LogP contribution in [0.5, 0.6) is 0 Å². The fourth-order valence-electron chi connectivity index (χ4n) is 3.39. The van der Waals surface area contributed by atoms with Gasteiger partial charge in [0, 0.05) is 32.7 Å². The van der Waals surface area contributed by atoms with Crippen LogP contribution in [0.2, 0.25) is 0 Å². The van der Waals surface area contributed by atoms with Gasteiger partial charge in [-0.2, -0.15) is 0 Å². The molecule has 0 aliphatic heterocycles. The lowest BCUT2D eigenvalue weighted by Crippen LogP contribution is -2.37. The first-order valence-electron chi connectivity index (χ1n) is 9.40. The van der Waals surface area contributed by atoms with Crippen molar-refractivity contribution in [1.82, 2.24) is 18.7 Å². The van der Waals surface area contributed by atoms with E-state index in [0.717, 1.165) is 34.2 Å². The molecule has 2 heterocycles. The number of fused-ring (bicyclic) bond motifs is 1. The fourth-order valence-corrected chi connectivity index (χ4v) is 3.39. The predicted molar refractivity (Wildman–Crippen MR) is 109 cm³/mol. The second-order valence-corrected chi connectivity index (χ2v) is 6.77. The SMILES string of the molecule is CCc1cccc(CC)c1NC(=O)CCn1cnc2c1c(=O)n(C)c(=O)n2C.